The molecule has 336 valence electrons. The van der Waals surface area contributed by atoms with E-state index in [1.165, 1.54) is 115 Å². The number of benzene rings is 7. The monoisotopic (exact) mass is 873 g/mol. The van der Waals surface area contributed by atoms with Crippen LogP contribution in [0.5, 0.6) is 0 Å². The van der Waals surface area contributed by atoms with Crippen molar-refractivity contribution in [1.29, 1.82) is 0 Å². The lowest BCUT2D eigenvalue weighted by Gasteiger charge is -2.28. The fraction of sp³-hybridized carbons (Fsp3) is 0.194. The predicted octanol–water partition coefficient (Wildman–Crippen LogP) is 18.7. The van der Waals surface area contributed by atoms with Gasteiger partial charge in [-0.05, 0) is 164 Å². The van der Waals surface area contributed by atoms with E-state index in [-0.39, 0.29) is 5.41 Å². The Morgan fingerprint density at radius 3 is 1.52 bits per heavy atom. The summed E-state index contributed by atoms with van der Waals surface area (Å²) in [7, 11) is 0. The van der Waals surface area contributed by atoms with Crippen LogP contribution in [0.4, 0.5) is 0 Å². The second-order valence-electron chi connectivity index (χ2n) is 18.3. The van der Waals surface area contributed by atoms with Gasteiger partial charge in [-0.1, -0.05) is 236 Å². The van der Waals surface area contributed by atoms with Crippen LogP contribution < -0.4 is 0 Å². The minimum absolute atomic E-state index is 0.0536. The molecule has 0 unspecified atom stereocenters. The number of hydrogen-bond donors (Lipinski definition) is 0. The van der Waals surface area contributed by atoms with Gasteiger partial charge in [0.05, 0.1) is 5.41 Å². The highest BCUT2D eigenvalue weighted by Gasteiger charge is 2.49. The molecule has 0 N–H and O–H groups in total. The quantitative estimate of drug-likeness (QED) is 0.146. The molecule has 0 saturated heterocycles. The van der Waals surface area contributed by atoms with Crippen LogP contribution in [0.25, 0.3) is 39.0 Å². The molecule has 0 heterocycles. The van der Waals surface area contributed by atoms with Gasteiger partial charge in [0.25, 0.3) is 0 Å². The van der Waals surface area contributed by atoms with Gasteiger partial charge in [-0.2, -0.15) is 0 Å². The van der Waals surface area contributed by atoms with Gasteiger partial charge in [-0.3, -0.25) is 0 Å². The fourth-order valence-corrected chi connectivity index (χ4v) is 10.1. The van der Waals surface area contributed by atoms with Gasteiger partial charge in [0, 0.05) is 0 Å². The molecule has 0 aliphatic heterocycles. The van der Waals surface area contributed by atoms with Gasteiger partial charge < -0.3 is 0 Å². The van der Waals surface area contributed by atoms with E-state index >= 15 is 0 Å². The Morgan fingerprint density at radius 2 is 1.00 bits per heavy atom. The molecular weight excluding hydrogens is 805 g/mol. The molecule has 3 aliphatic rings. The first-order chi connectivity index (χ1) is 32.6. The minimum atomic E-state index is -0.0536. The van der Waals surface area contributed by atoms with Crippen molar-refractivity contribution in [1.82, 2.24) is 0 Å². The van der Waals surface area contributed by atoms with Crippen LogP contribution in [0.1, 0.15) is 107 Å². The fourth-order valence-electron chi connectivity index (χ4n) is 10.1. The maximum absolute atomic E-state index is 3.76. The van der Waals surface area contributed by atoms with E-state index in [2.05, 4.69) is 244 Å². The highest BCUT2D eigenvalue weighted by molar-refractivity contribution is 5.91. The molecule has 0 nitrogen and oxygen atoms in total. The van der Waals surface area contributed by atoms with E-state index in [9.17, 15) is 0 Å². The topological polar surface area (TPSA) is 0 Å². The molecule has 0 fully saturated rings. The lowest BCUT2D eigenvalue weighted by atomic mass is 9.73. The average molecular weight is 873 g/mol. The third-order valence-electron chi connectivity index (χ3n) is 13.6. The SMILES string of the molecule is C/C=C\C=C1/CC2(c3ccccc3-c3ccccc32)c2cccc(C)c21.C=C/C=C(\C=C)c1ccc(C)cc1.CC1=C(c2ccccc2C)CCCC1.Cc1ccc(-c2ccc(C)cc2)cc1. The van der Waals surface area contributed by atoms with Gasteiger partial charge >= 0.3 is 0 Å². The van der Waals surface area contributed by atoms with Gasteiger partial charge in [0.1, 0.15) is 0 Å². The summed E-state index contributed by atoms with van der Waals surface area (Å²) in [5.74, 6) is 0. The van der Waals surface area contributed by atoms with Crippen LogP contribution in [0.3, 0.4) is 0 Å². The summed E-state index contributed by atoms with van der Waals surface area (Å²) >= 11 is 0. The van der Waals surface area contributed by atoms with Crippen molar-refractivity contribution in [2.75, 3.05) is 0 Å². The van der Waals surface area contributed by atoms with Crippen molar-refractivity contribution in [2.45, 2.75) is 86.0 Å². The minimum Gasteiger partial charge on any atom is -0.0990 e. The number of aryl methyl sites for hydroxylation is 5. The van der Waals surface area contributed by atoms with Gasteiger partial charge in [-0.25, -0.2) is 0 Å². The molecule has 7 aromatic carbocycles. The normalized spacial score (nSPS) is 14.7. The molecule has 10 rings (SSSR count). The molecule has 0 amide bonds. The molecule has 67 heavy (non-hydrogen) atoms. The van der Waals surface area contributed by atoms with Crippen LogP contribution in [-0.4, -0.2) is 0 Å². The summed E-state index contributed by atoms with van der Waals surface area (Å²) in [6.07, 6.45) is 18.5. The lowest BCUT2D eigenvalue weighted by Crippen LogP contribution is -2.23. The zero-order chi connectivity index (χ0) is 47.3. The number of hydrogen-bond acceptors (Lipinski definition) is 0. The third kappa shape index (κ3) is 10.8. The van der Waals surface area contributed by atoms with Crippen LogP contribution in [0, 0.1) is 34.6 Å². The van der Waals surface area contributed by atoms with E-state index in [1.54, 1.807) is 17.2 Å². The van der Waals surface area contributed by atoms with Crippen molar-refractivity contribution < 1.29 is 0 Å². The molecule has 1 spiro atoms. The molecule has 0 radical (unpaired) electrons. The van der Waals surface area contributed by atoms with E-state index < -0.39 is 0 Å². The van der Waals surface area contributed by atoms with E-state index in [0.717, 1.165) is 12.0 Å². The van der Waals surface area contributed by atoms with Crippen LogP contribution >= 0.6 is 0 Å². The molecular formula is C67H68. The maximum atomic E-state index is 3.76. The molecule has 7 aromatic rings. The van der Waals surface area contributed by atoms with Crippen LogP contribution in [0.2, 0.25) is 0 Å². The average Bonchev–Trinajstić information content (AvgIpc) is 3.84. The molecule has 0 heteroatoms. The second-order valence-corrected chi connectivity index (χ2v) is 18.3. The lowest BCUT2D eigenvalue weighted by molar-refractivity contribution is 0.681. The molecule has 0 atom stereocenters. The zero-order valence-electron chi connectivity index (χ0n) is 41.0. The van der Waals surface area contributed by atoms with Gasteiger partial charge in [0.15, 0.2) is 0 Å². The predicted molar refractivity (Wildman–Crippen MR) is 293 cm³/mol. The van der Waals surface area contributed by atoms with E-state index in [0.29, 0.717) is 0 Å². The summed E-state index contributed by atoms with van der Waals surface area (Å²) in [5.41, 5.74) is 26.2. The summed E-state index contributed by atoms with van der Waals surface area (Å²) < 4.78 is 0. The van der Waals surface area contributed by atoms with Crippen molar-refractivity contribution in [3.8, 4) is 22.3 Å². The highest BCUT2D eigenvalue weighted by Crippen LogP contribution is 2.61. The Hall–Kier alpha value is -7.02. The Bertz CT molecular complexity index is 2850. The van der Waals surface area contributed by atoms with Gasteiger partial charge in [-0.15, -0.1) is 0 Å². The van der Waals surface area contributed by atoms with Crippen molar-refractivity contribution in [3.63, 3.8) is 0 Å². The Kier molecular flexibility index (Phi) is 16.1. The van der Waals surface area contributed by atoms with Gasteiger partial charge in [0.2, 0.25) is 0 Å². The molecule has 0 saturated carbocycles. The largest absolute Gasteiger partial charge is 0.0990 e. The first-order valence-electron chi connectivity index (χ1n) is 24.1. The van der Waals surface area contributed by atoms with Crippen LogP contribution in [0.15, 0.2) is 219 Å². The smallest absolute Gasteiger partial charge is 0.0510 e. The van der Waals surface area contributed by atoms with E-state index in [1.807, 2.05) is 12.2 Å². The maximum Gasteiger partial charge on any atom is 0.0510 e. The Labute approximate surface area is 403 Å². The highest BCUT2D eigenvalue weighted by atomic mass is 14.5. The molecule has 0 aromatic heterocycles. The van der Waals surface area contributed by atoms with Crippen molar-refractivity contribution in [2.24, 2.45) is 0 Å². The van der Waals surface area contributed by atoms with E-state index in [4.69, 9.17) is 0 Å². The first-order valence-corrected chi connectivity index (χ1v) is 24.1. The Morgan fingerprint density at radius 1 is 0.507 bits per heavy atom. The summed E-state index contributed by atoms with van der Waals surface area (Å²) in [5, 5.41) is 0. The molecule has 3 aliphatic carbocycles. The standard InChI is InChI=1S/C26H22.C14H14.C14H18.C13H14/c1-3-4-11-19-17-26(24-16-9-10-18(2)25(19)24)22-14-7-5-12-20(22)21-13-6-8-15-23(21)26;1-11-3-7-13(8-4-11)14-9-5-12(2)6-10-14;1-11-7-3-5-9-13(11)14-10-6-4-8-12(14)2;1-4-6-12(5-2)13-9-7-11(3)8-10-13/h3-16H,17H2,1-2H3;3-10H,1-2H3;3,5,7,9H,4,6,8,10H2,1-2H3;4-10H,1-2H2,3H3/b4-3-,19-11+;;;12-6+. The summed E-state index contributed by atoms with van der Waals surface area (Å²) in [4.78, 5) is 0. The Balaban J connectivity index is 0.000000140. The third-order valence-corrected chi connectivity index (χ3v) is 13.6. The number of fused-ring (bicyclic) bond motifs is 7. The van der Waals surface area contributed by atoms with Crippen LogP contribution in [-0.2, 0) is 5.41 Å². The number of rotatable bonds is 6. The number of allylic oxidation sites excluding steroid dienone is 10. The molecule has 0 bridgehead atoms. The first kappa shape index (κ1) is 47.9. The zero-order valence-corrected chi connectivity index (χ0v) is 41.0. The van der Waals surface area contributed by atoms with Crippen molar-refractivity contribution in [3.05, 3.63) is 280 Å². The van der Waals surface area contributed by atoms with Crippen molar-refractivity contribution >= 4 is 16.7 Å². The second kappa shape index (κ2) is 22.4. The summed E-state index contributed by atoms with van der Waals surface area (Å²) in [6, 6.07) is 59.1. The summed E-state index contributed by atoms with van der Waals surface area (Å²) in [6.45, 7) is 22.6.